The SMILES string of the molecule is O=C(/C=C/c1csc([N+](=O)[O-])c1)c1cccc(Cl)c1. The number of hydrogen-bond acceptors (Lipinski definition) is 4. The summed E-state index contributed by atoms with van der Waals surface area (Å²) in [6.45, 7) is 0. The largest absolute Gasteiger partial charge is 0.324 e. The van der Waals surface area contributed by atoms with E-state index in [1.165, 1.54) is 12.1 Å². The van der Waals surface area contributed by atoms with E-state index in [1.807, 2.05) is 0 Å². The van der Waals surface area contributed by atoms with Gasteiger partial charge in [-0.3, -0.25) is 14.9 Å². The Morgan fingerprint density at radius 2 is 2.16 bits per heavy atom. The second-order valence-corrected chi connectivity index (χ2v) is 5.01. The highest BCUT2D eigenvalue weighted by Gasteiger charge is 2.08. The van der Waals surface area contributed by atoms with E-state index in [0.29, 0.717) is 16.1 Å². The predicted molar refractivity (Wildman–Crippen MR) is 75.8 cm³/mol. The van der Waals surface area contributed by atoms with Crippen molar-refractivity contribution in [3.8, 4) is 0 Å². The van der Waals surface area contributed by atoms with E-state index in [4.69, 9.17) is 11.6 Å². The highest BCUT2D eigenvalue weighted by atomic mass is 35.5. The highest BCUT2D eigenvalue weighted by Crippen LogP contribution is 2.23. The van der Waals surface area contributed by atoms with Crippen LogP contribution >= 0.6 is 22.9 Å². The third kappa shape index (κ3) is 3.49. The molecule has 0 bridgehead atoms. The van der Waals surface area contributed by atoms with Crippen molar-refractivity contribution >= 4 is 39.8 Å². The minimum atomic E-state index is -0.458. The van der Waals surface area contributed by atoms with Gasteiger partial charge in [0.2, 0.25) is 0 Å². The van der Waals surface area contributed by atoms with Crippen molar-refractivity contribution in [3.63, 3.8) is 0 Å². The minimum Gasteiger partial charge on any atom is -0.289 e. The first-order chi connectivity index (χ1) is 9.06. The van der Waals surface area contributed by atoms with Gasteiger partial charge in [-0.25, -0.2) is 0 Å². The monoisotopic (exact) mass is 293 g/mol. The van der Waals surface area contributed by atoms with Crippen LogP contribution in [0.15, 0.2) is 41.8 Å². The molecule has 0 fully saturated rings. The van der Waals surface area contributed by atoms with E-state index in [1.54, 1.807) is 35.7 Å². The van der Waals surface area contributed by atoms with Crippen molar-refractivity contribution < 1.29 is 9.72 Å². The number of allylic oxidation sites excluding steroid dienone is 1. The number of thiophene rings is 1. The Labute approximate surface area is 118 Å². The van der Waals surface area contributed by atoms with Gasteiger partial charge in [-0.15, -0.1) is 0 Å². The molecule has 4 nitrogen and oxygen atoms in total. The van der Waals surface area contributed by atoms with Gasteiger partial charge in [-0.2, -0.15) is 0 Å². The molecule has 0 aliphatic carbocycles. The quantitative estimate of drug-likeness (QED) is 0.367. The molecule has 2 rings (SSSR count). The van der Waals surface area contributed by atoms with Gasteiger partial charge < -0.3 is 0 Å². The zero-order valence-corrected chi connectivity index (χ0v) is 11.1. The first-order valence-corrected chi connectivity index (χ1v) is 6.53. The molecule has 6 heteroatoms. The summed E-state index contributed by atoms with van der Waals surface area (Å²) in [5.74, 6) is -0.198. The lowest BCUT2D eigenvalue weighted by molar-refractivity contribution is -0.380. The van der Waals surface area contributed by atoms with Crippen LogP contribution in [-0.2, 0) is 0 Å². The normalized spacial score (nSPS) is 10.8. The van der Waals surface area contributed by atoms with Crippen molar-refractivity contribution in [1.82, 2.24) is 0 Å². The standard InChI is InChI=1S/C13H8ClNO3S/c14-11-3-1-2-10(7-11)12(16)5-4-9-6-13(15(17)18)19-8-9/h1-8H/b5-4+. The van der Waals surface area contributed by atoms with Crippen molar-refractivity contribution in [2.75, 3.05) is 0 Å². The number of rotatable bonds is 4. The number of carbonyl (C=O) groups excluding carboxylic acids is 1. The fourth-order valence-corrected chi connectivity index (χ4v) is 2.32. The minimum absolute atomic E-state index is 0.0508. The number of ketones is 1. The molecule has 0 spiro atoms. The summed E-state index contributed by atoms with van der Waals surface area (Å²) >= 11 is 6.82. The third-order valence-electron chi connectivity index (χ3n) is 2.32. The lowest BCUT2D eigenvalue weighted by atomic mass is 10.1. The van der Waals surface area contributed by atoms with Gasteiger partial charge in [0.05, 0.1) is 4.92 Å². The second kappa shape index (κ2) is 5.77. The summed E-state index contributed by atoms with van der Waals surface area (Å²) in [5, 5.41) is 12.7. The number of nitrogens with zero attached hydrogens (tertiary/aromatic N) is 1. The van der Waals surface area contributed by atoms with Crippen molar-refractivity contribution in [3.05, 3.63) is 68.1 Å². The number of benzene rings is 1. The van der Waals surface area contributed by atoms with Crippen LogP contribution < -0.4 is 0 Å². The van der Waals surface area contributed by atoms with Gasteiger partial charge in [-0.05, 0) is 29.8 Å². The summed E-state index contributed by atoms with van der Waals surface area (Å²) < 4.78 is 0. The van der Waals surface area contributed by atoms with Crippen LogP contribution in [-0.4, -0.2) is 10.7 Å². The molecule has 2 aromatic rings. The molecule has 19 heavy (non-hydrogen) atoms. The van der Waals surface area contributed by atoms with Crippen LogP contribution in [0, 0.1) is 10.1 Å². The maximum atomic E-state index is 11.8. The topological polar surface area (TPSA) is 60.2 Å². The Balaban J connectivity index is 2.13. The molecule has 1 aromatic heterocycles. The number of hydrogen-bond donors (Lipinski definition) is 0. The van der Waals surface area contributed by atoms with E-state index >= 15 is 0 Å². The summed E-state index contributed by atoms with van der Waals surface area (Å²) in [7, 11) is 0. The third-order valence-corrected chi connectivity index (χ3v) is 3.46. The van der Waals surface area contributed by atoms with Crippen LogP contribution in [0.2, 0.25) is 5.02 Å². The lowest BCUT2D eigenvalue weighted by Crippen LogP contribution is -1.93. The van der Waals surface area contributed by atoms with Crippen molar-refractivity contribution in [2.45, 2.75) is 0 Å². The van der Waals surface area contributed by atoms with Gasteiger partial charge >= 0.3 is 5.00 Å². The van der Waals surface area contributed by atoms with Crippen LogP contribution in [0.25, 0.3) is 6.08 Å². The Hall–Kier alpha value is -1.98. The summed E-state index contributed by atoms with van der Waals surface area (Å²) in [4.78, 5) is 21.9. The summed E-state index contributed by atoms with van der Waals surface area (Å²) in [5.41, 5.74) is 1.11. The molecular weight excluding hydrogens is 286 g/mol. The molecule has 0 aliphatic rings. The first-order valence-electron chi connectivity index (χ1n) is 5.27. The molecule has 0 unspecified atom stereocenters. The lowest BCUT2D eigenvalue weighted by Gasteiger charge is -1.95. The summed E-state index contributed by atoms with van der Waals surface area (Å²) in [6, 6.07) is 8.04. The zero-order valence-electron chi connectivity index (χ0n) is 9.58. The molecule has 1 aromatic carbocycles. The fraction of sp³-hybridized carbons (Fsp3) is 0. The molecule has 0 radical (unpaired) electrons. The Morgan fingerprint density at radius 1 is 1.37 bits per heavy atom. The Bertz CT molecular complexity index is 663. The van der Waals surface area contributed by atoms with Crippen LogP contribution in [0.4, 0.5) is 5.00 Å². The molecule has 0 amide bonds. The van der Waals surface area contributed by atoms with Crippen molar-refractivity contribution in [1.29, 1.82) is 0 Å². The van der Waals surface area contributed by atoms with Gasteiger partial charge in [0.25, 0.3) is 0 Å². The van der Waals surface area contributed by atoms with Gasteiger partial charge in [0, 0.05) is 22.0 Å². The number of nitro groups is 1. The molecule has 0 N–H and O–H groups in total. The molecule has 0 aliphatic heterocycles. The first kappa shape index (κ1) is 13.5. The van der Waals surface area contributed by atoms with Crippen LogP contribution in [0.5, 0.6) is 0 Å². The number of carbonyl (C=O) groups is 1. The van der Waals surface area contributed by atoms with Gasteiger partial charge in [0.15, 0.2) is 5.78 Å². The Kier molecular flexibility index (Phi) is 4.09. The molecule has 96 valence electrons. The maximum Gasteiger partial charge on any atom is 0.324 e. The molecule has 1 heterocycles. The average Bonchev–Trinajstić information content (AvgIpc) is 2.85. The van der Waals surface area contributed by atoms with E-state index in [2.05, 4.69) is 0 Å². The average molecular weight is 294 g/mol. The van der Waals surface area contributed by atoms with Crippen molar-refractivity contribution in [2.24, 2.45) is 0 Å². The number of halogens is 1. The summed E-state index contributed by atoms with van der Waals surface area (Å²) in [6.07, 6.45) is 2.92. The van der Waals surface area contributed by atoms with E-state index in [9.17, 15) is 14.9 Å². The van der Waals surface area contributed by atoms with Gasteiger partial charge in [0.1, 0.15) is 0 Å². The predicted octanol–water partition coefficient (Wildman–Crippen LogP) is 4.21. The highest BCUT2D eigenvalue weighted by molar-refractivity contribution is 7.13. The smallest absolute Gasteiger partial charge is 0.289 e. The molecular formula is C13H8ClNO3S. The van der Waals surface area contributed by atoms with E-state index < -0.39 is 4.92 Å². The Morgan fingerprint density at radius 3 is 2.79 bits per heavy atom. The van der Waals surface area contributed by atoms with E-state index in [-0.39, 0.29) is 10.8 Å². The second-order valence-electron chi connectivity index (χ2n) is 3.68. The van der Waals surface area contributed by atoms with Gasteiger partial charge in [-0.1, -0.05) is 35.1 Å². The van der Waals surface area contributed by atoms with Crippen LogP contribution in [0.3, 0.4) is 0 Å². The maximum absolute atomic E-state index is 11.8. The molecule has 0 atom stereocenters. The van der Waals surface area contributed by atoms with Crippen LogP contribution in [0.1, 0.15) is 15.9 Å². The zero-order chi connectivity index (χ0) is 13.8. The molecule has 0 saturated heterocycles. The fourth-order valence-electron chi connectivity index (χ4n) is 1.43. The molecule has 0 saturated carbocycles. The van der Waals surface area contributed by atoms with E-state index in [0.717, 1.165) is 11.3 Å².